The van der Waals surface area contributed by atoms with Crippen molar-refractivity contribution in [2.75, 3.05) is 6.54 Å². The highest BCUT2D eigenvalue weighted by atomic mass is 35.5. The van der Waals surface area contributed by atoms with Gasteiger partial charge in [-0.3, -0.25) is 24.1 Å². The van der Waals surface area contributed by atoms with Gasteiger partial charge in [0.05, 0.1) is 17.8 Å². The van der Waals surface area contributed by atoms with Gasteiger partial charge in [0.25, 0.3) is 5.91 Å². The van der Waals surface area contributed by atoms with Crippen LogP contribution in [-0.4, -0.2) is 48.6 Å². The fourth-order valence-corrected chi connectivity index (χ4v) is 7.37. The van der Waals surface area contributed by atoms with Crippen LogP contribution in [0.1, 0.15) is 72.5 Å². The van der Waals surface area contributed by atoms with Gasteiger partial charge in [-0.2, -0.15) is 0 Å². The molecule has 5 aromatic rings. The number of carbonyl (C=O) groups excluding carboxylic acids is 2. The Morgan fingerprint density at radius 1 is 1.00 bits per heavy atom. The average Bonchev–Trinajstić information content (AvgIpc) is 3.56. The molecule has 7 rings (SSSR count). The minimum absolute atomic E-state index is 0.174. The summed E-state index contributed by atoms with van der Waals surface area (Å²) in [5.74, 6) is 1.15. The first kappa shape index (κ1) is 26.4. The minimum atomic E-state index is -0.224. The summed E-state index contributed by atoms with van der Waals surface area (Å²) in [5, 5.41) is 10.5. The van der Waals surface area contributed by atoms with Gasteiger partial charge in [-0.15, -0.1) is 21.5 Å². The predicted molar refractivity (Wildman–Crippen MR) is 162 cm³/mol. The summed E-state index contributed by atoms with van der Waals surface area (Å²) in [5.41, 5.74) is 5.08. The summed E-state index contributed by atoms with van der Waals surface area (Å²) in [4.78, 5) is 39.4. The Morgan fingerprint density at radius 2 is 1.79 bits per heavy atom. The lowest BCUT2D eigenvalue weighted by Gasteiger charge is -2.28. The molecule has 1 unspecified atom stereocenters. The number of aryl methyl sites for hydroxylation is 1. The molecular formula is C32H25ClN6O2S. The van der Waals surface area contributed by atoms with Gasteiger partial charge in [-0.05, 0) is 50.1 Å². The Hall–Kier alpha value is -4.47. The van der Waals surface area contributed by atoms with Gasteiger partial charge in [-0.25, -0.2) is 0 Å². The smallest absolute Gasteiger partial charge is 0.254 e. The number of pyridine rings is 1. The van der Waals surface area contributed by atoms with Crippen molar-refractivity contribution in [1.82, 2.24) is 24.6 Å². The summed E-state index contributed by atoms with van der Waals surface area (Å²) in [6, 6.07) is 18.0. The Bertz CT molecular complexity index is 1910. The minimum Gasteiger partial charge on any atom is -0.333 e. The molecule has 0 saturated carbocycles. The van der Waals surface area contributed by atoms with Crippen LogP contribution in [0.5, 0.6) is 0 Å². The second kappa shape index (κ2) is 10.4. The van der Waals surface area contributed by atoms with Crippen LogP contribution >= 0.6 is 22.9 Å². The molecule has 0 aliphatic carbocycles. The van der Waals surface area contributed by atoms with Gasteiger partial charge in [-0.1, -0.05) is 48.0 Å². The van der Waals surface area contributed by atoms with E-state index in [1.165, 1.54) is 6.20 Å². The molecule has 2 aromatic carbocycles. The van der Waals surface area contributed by atoms with Crippen LogP contribution in [0.2, 0.25) is 5.02 Å². The molecule has 5 heterocycles. The number of amides is 1. The van der Waals surface area contributed by atoms with Crippen LogP contribution < -0.4 is 0 Å². The van der Waals surface area contributed by atoms with E-state index < -0.39 is 0 Å². The van der Waals surface area contributed by atoms with Gasteiger partial charge in [0.2, 0.25) is 0 Å². The standard InChI is InChI=1S/C32H25ClN6O2S/c1-18-30-37-36-19(2)39(30)32-27(28(35-18)23-11-5-6-12-25(23)33)24-13-15-38(17-26(24)42-32)31(41)22-10-4-3-9-21(22)29(40)20-8-7-14-34-16-20/h3-12,14,16,18H,13,15,17H2,1-2H3. The normalized spacial score (nSPS) is 15.7. The lowest BCUT2D eigenvalue weighted by atomic mass is 9.94. The average molecular weight is 593 g/mol. The van der Waals surface area contributed by atoms with Gasteiger partial charge in [0, 0.05) is 51.1 Å². The van der Waals surface area contributed by atoms with E-state index in [0.717, 1.165) is 43.9 Å². The number of aromatic nitrogens is 4. The first-order chi connectivity index (χ1) is 20.4. The molecule has 0 bridgehead atoms. The lowest BCUT2D eigenvalue weighted by molar-refractivity contribution is 0.0733. The number of ketones is 1. The van der Waals surface area contributed by atoms with Crippen molar-refractivity contribution in [2.45, 2.75) is 32.9 Å². The van der Waals surface area contributed by atoms with Crippen LogP contribution in [0, 0.1) is 6.92 Å². The van der Waals surface area contributed by atoms with Crippen molar-refractivity contribution in [1.29, 1.82) is 0 Å². The van der Waals surface area contributed by atoms with Gasteiger partial charge < -0.3 is 4.90 Å². The van der Waals surface area contributed by atoms with Gasteiger partial charge >= 0.3 is 0 Å². The zero-order valence-electron chi connectivity index (χ0n) is 22.9. The van der Waals surface area contributed by atoms with E-state index in [0.29, 0.717) is 41.2 Å². The van der Waals surface area contributed by atoms with E-state index in [4.69, 9.17) is 16.6 Å². The van der Waals surface area contributed by atoms with E-state index in [9.17, 15) is 9.59 Å². The summed E-state index contributed by atoms with van der Waals surface area (Å²) < 4.78 is 2.09. The molecule has 2 aliphatic heterocycles. The molecule has 208 valence electrons. The van der Waals surface area contributed by atoms with Crippen molar-refractivity contribution >= 4 is 40.3 Å². The van der Waals surface area contributed by atoms with E-state index in [1.54, 1.807) is 53.9 Å². The molecule has 1 atom stereocenters. The zero-order valence-corrected chi connectivity index (χ0v) is 24.5. The highest BCUT2D eigenvalue weighted by molar-refractivity contribution is 7.15. The molecule has 1 amide bonds. The topological polar surface area (TPSA) is 93.3 Å². The van der Waals surface area contributed by atoms with Crippen LogP contribution in [0.3, 0.4) is 0 Å². The third kappa shape index (κ3) is 4.28. The van der Waals surface area contributed by atoms with Crippen LogP contribution in [0.15, 0.2) is 78.0 Å². The molecule has 3 aromatic heterocycles. The molecule has 42 heavy (non-hydrogen) atoms. The molecule has 2 aliphatic rings. The van der Waals surface area contributed by atoms with Crippen molar-refractivity contribution in [3.8, 4) is 5.00 Å². The summed E-state index contributed by atoms with van der Waals surface area (Å²) in [6.45, 7) is 4.88. The van der Waals surface area contributed by atoms with Crippen LogP contribution in [0.4, 0.5) is 0 Å². The molecular weight excluding hydrogens is 568 g/mol. The largest absolute Gasteiger partial charge is 0.333 e. The Morgan fingerprint density at radius 3 is 2.57 bits per heavy atom. The monoisotopic (exact) mass is 592 g/mol. The van der Waals surface area contributed by atoms with Gasteiger partial charge in [0.1, 0.15) is 16.9 Å². The first-order valence-corrected chi connectivity index (χ1v) is 14.8. The number of hydrogen-bond acceptors (Lipinski definition) is 7. The molecule has 0 spiro atoms. The van der Waals surface area contributed by atoms with E-state index in [1.807, 2.05) is 43.0 Å². The van der Waals surface area contributed by atoms with E-state index in [2.05, 4.69) is 19.7 Å². The third-order valence-electron chi connectivity index (χ3n) is 7.77. The quantitative estimate of drug-likeness (QED) is 0.238. The lowest BCUT2D eigenvalue weighted by Crippen LogP contribution is -2.36. The Kier molecular flexibility index (Phi) is 6.56. The molecule has 0 radical (unpaired) electrons. The molecule has 10 heteroatoms. The number of rotatable bonds is 4. The second-order valence-electron chi connectivity index (χ2n) is 10.4. The number of benzene rings is 2. The van der Waals surface area contributed by atoms with E-state index in [-0.39, 0.29) is 17.7 Å². The number of halogens is 1. The maximum atomic E-state index is 13.9. The van der Waals surface area contributed by atoms with Crippen molar-refractivity contribution in [3.63, 3.8) is 0 Å². The summed E-state index contributed by atoms with van der Waals surface area (Å²) >= 11 is 8.34. The molecule has 0 saturated heterocycles. The van der Waals surface area contributed by atoms with Crippen molar-refractivity contribution < 1.29 is 9.59 Å². The first-order valence-electron chi connectivity index (χ1n) is 13.6. The van der Waals surface area contributed by atoms with Crippen molar-refractivity contribution in [3.05, 3.63) is 128 Å². The molecule has 8 nitrogen and oxygen atoms in total. The van der Waals surface area contributed by atoms with Crippen molar-refractivity contribution in [2.24, 2.45) is 4.99 Å². The summed E-state index contributed by atoms with van der Waals surface area (Å²) in [7, 11) is 0. The number of thiophene rings is 1. The molecule has 0 N–H and O–H groups in total. The fraction of sp³-hybridized carbons (Fsp3) is 0.188. The second-order valence-corrected chi connectivity index (χ2v) is 11.8. The highest BCUT2D eigenvalue weighted by Crippen LogP contribution is 2.42. The summed E-state index contributed by atoms with van der Waals surface area (Å²) in [6.07, 6.45) is 3.78. The van der Waals surface area contributed by atoms with Gasteiger partial charge in [0.15, 0.2) is 11.6 Å². The third-order valence-corrected chi connectivity index (χ3v) is 9.30. The number of fused-ring (bicyclic) bond motifs is 5. The predicted octanol–water partition coefficient (Wildman–Crippen LogP) is 6.03. The zero-order chi connectivity index (χ0) is 29.0. The SMILES string of the molecule is Cc1nnc2n1-c1sc3c(c1C(c1ccccc1Cl)=NC2C)CCN(C(=O)c1ccccc1C(=O)c1cccnc1)C3. The maximum Gasteiger partial charge on any atom is 0.254 e. The van der Waals surface area contributed by atoms with Crippen LogP contribution in [-0.2, 0) is 13.0 Å². The highest BCUT2D eigenvalue weighted by Gasteiger charge is 2.35. The number of carbonyl (C=O) groups is 2. The van der Waals surface area contributed by atoms with E-state index >= 15 is 0 Å². The Balaban J connectivity index is 1.30. The number of hydrogen-bond donors (Lipinski definition) is 0. The fourth-order valence-electron chi connectivity index (χ4n) is 5.73. The molecule has 0 fully saturated rings. The number of aliphatic imine (C=N–C) groups is 1. The van der Waals surface area contributed by atoms with Crippen LogP contribution in [0.25, 0.3) is 5.00 Å². The number of nitrogens with zero attached hydrogens (tertiary/aromatic N) is 6. The Labute approximate surface area is 251 Å². The maximum absolute atomic E-state index is 13.9.